The molecule has 0 spiro atoms. The lowest BCUT2D eigenvalue weighted by Gasteiger charge is -2.12. The van der Waals surface area contributed by atoms with Crippen molar-refractivity contribution in [1.29, 1.82) is 0 Å². The molecule has 0 bridgehead atoms. The summed E-state index contributed by atoms with van der Waals surface area (Å²) in [5.74, 6) is 0.712. The van der Waals surface area contributed by atoms with Gasteiger partial charge in [-0.15, -0.1) is 0 Å². The van der Waals surface area contributed by atoms with E-state index in [0.29, 0.717) is 5.82 Å². The first-order chi connectivity index (χ1) is 27.8. The fraction of sp³-hybridized carbons (Fsp3) is 0. The number of hydrogen-bond donors (Lipinski definition) is 0. The second-order valence-electron chi connectivity index (χ2n) is 14.6. The van der Waals surface area contributed by atoms with E-state index in [4.69, 9.17) is 9.97 Å². The second-order valence-corrected chi connectivity index (χ2v) is 14.6. The Hall–Kier alpha value is -7.56. The molecule has 4 heteroatoms. The van der Waals surface area contributed by atoms with Crippen LogP contribution in [0.4, 0.5) is 0 Å². The van der Waals surface area contributed by atoms with Crippen molar-refractivity contribution in [3.05, 3.63) is 194 Å². The Morgan fingerprint density at radius 3 is 1.71 bits per heavy atom. The van der Waals surface area contributed by atoms with Gasteiger partial charge in [0.15, 0.2) is 5.82 Å². The topological polar surface area (TPSA) is 35.1 Å². The van der Waals surface area contributed by atoms with Gasteiger partial charge in [0, 0.05) is 54.7 Å². The summed E-state index contributed by atoms with van der Waals surface area (Å²) in [5, 5.41) is 7.61. The molecule has 0 aliphatic heterocycles. The second kappa shape index (κ2) is 12.0. The minimum absolute atomic E-state index is 0.712. The van der Waals surface area contributed by atoms with E-state index in [1.54, 1.807) is 0 Å². The lowest BCUT2D eigenvalue weighted by molar-refractivity contribution is 1.18. The average molecular weight is 713 g/mol. The summed E-state index contributed by atoms with van der Waals surface area (Å²) in [7, 11) is 0. The molecular weight excluding hydrogens is 681 g/mol. The van der Waals surface area contributed by atoms with Crippen LogP contribution in [-0.4, -0.2) is 18.9 Å². The molecule has 4 aromatic heterocycles. The Morgan fingerprint density at radius 1 is 0.339 bits per heavy atom. The molecule has 0 saturated carbocycles. The van der Waals surface area contributed by atoms with Crippen LogP contribution in [0.3, 0.4) is 0 Å². The first-order valence-electron chi connectivity index (χ1n) is 19.1. The summed E-state index contributed by atoms with van der Waals surface area (Å²) in [4.78, 5) is 10.2. The maximum Gasteiger partial charge on any atom is 0.160 e. The Bertz CT molecular complexity index is 3410. The van der Waals surface area contributed by atoms with Gasteiger partial charge in [-0.05, 0) is 53.6 Å². The van der Waals surface area contributed by atoms with Crippen LogP contribution in [0, 0.1) is 0 Å². The normalized spacial score (nSPS) is 11.9. The number of hydrogen-bond acceptors (Lipinski definition) is 2. The van der Waals surface area contributed by atoms with Crippen molar-refractivity contribution in [3.8, 4) is 50.7 Å². The van der Waals surface area contributed by atoms with Crippen LogP contribution in [0.25, 0.3) is 111 Å². The maximum absolute atomic E-state index is 5.15. The van der Waals surface area contributed by atoms with Gasteiger partial charge in [-0.25, -0.2) is 9.97 Å². The van der Waals surface area contributed by atoms with Crippen molar-refractivity contribution in [1.82, 2.24) is 18.9 Å². The molecule has 12 rings (SSSR count). The SMILES string of the molecule is c1ccc(-c2cc(-c3cccc(-c4cccc5c4c4ccccc4n5-c4ccc5c6cccc7c8ccccc8n(c5c4)c76)c3)nc(-c3ccccc3)n2)cc1. The van der Waals surface area contributed by atoms with E-state index in [1.165, 1.54) is 65.5 Å². The quantitative estimate of drug-likeness (QED) is 0.178. The largest absolute Gasteiger partial charge is 0.309 e. The smallest absolute Gasteiger partial charge is 0.160 e. The van der Waals surface area contributed by atoms with E-state index in [-0.39, 0.29) is 0 Å². The van der Waals surface area contributed by atoms with Gasteiger partial charge < -0.3 is 8.97 Å². The molecule has 0 N–H and O–H groups in total. The third-order valence-electron chi connectivity index (χ3n) is 11.5. The zero-order chi connectivity index (χ0) is 36.7. The molecule has 0 atom stereocenters. The summed E-state index contributed by atoms with van der Waals surface area (Å²) < 4.78 is 4.90. The molecular formula is C52H32N4. The Labute approximate surface area is 322 Å². The molecule has 0 aliphatic rings. The number of aromatic nitrogens is 4. The molecule has 0 radical (unpaired) electrons. The summed E-state index contributed by atoms with van der Waals surface area (Å²) >= 11 is 0. The number of para-hydroxylation sites is 3. The first-order valence-corrected chi connectivity index (χ1v) is 19.1. The summed E-state index contributed by atoms with van der Waals surface area (Å²) in [5.41, 5.74) is 14.5. The first kappa shape index (κ1) is 30.9. The minimum atomic E-state index is 0.712. The molecule has 0 unspecified atom stereocenters. The molecule has 0 fully saturated rings. The van der Waals surface area contributed by atoms with Gasteiger partial charge in [-0.1, -0.05) is 152 Å². The van der Waals surface area contributed by atoms with Gasteiger partial charge in [-0.2, -0.15) is 0 Å². The zero-order valence-electron chi connectivity index (χ0n) is 30.3. The van der Waals surface area contributed by atoms with Crippen molar-refractivity contribution in [2.75, 3.05) is 0 Å². The van der Waals surface area contributed by atoms with E-state index in [2.05, 4.69) is 179 Å². The van der Waals surface area contributed by atoms with Crippen LogP contribution in [0.15, 0.2) is 194 Å². The van der Waals surface area contributed by atoms with Gasteiger partial charge in [0.1, 0.15) is 0 Å². The highest BCUT2D eigenvalue weighted by Gasteiger charge is 2.20. The van der Waals surface area contributed by atoms with E-state index in [1.807, 2.05) is 24.3 Å². The zero-order valence-corrected chi connectivity index (χ0v) is 30.3. The van der Waals surface area contributed by atoms with Crippen LogP contribution in [0.2, 0.25) is 0 Å². The third kappa shape index (κ3) is 4.53. The number of fused-ring (bicyclic) bond motifs is 9. The van der Waals surface area contributed by atoms with E-state index >= 15 is 0 Å². The van der Waals surface area contributed by atoms with Crippen molar-refractivity contribution in [3.63, 3.8) is 0 Å². The standard InChI is InChI=1S/C52H32N4/c1-3-14-33(15-4-1)44-32-45(54-52(53-44)34-16-5-2-6-17-34)36-19-11-18-35(30-36)38-22-13-27-48-50(38)43-21-8-10-26-47(43)55(48)37-28-29-40-42-24-12-23-41-39-20-7-9-25-46(39)56(51(41)42)49(40)31-37/h1-32H. The molecule has 12 aromatic rings. The van der Waals surface area contributed by atoms with Crippen LogP contribution < -0.4 is 0 Å². The Balaban J connectivity index is 1.05. The molecule has 0 saturated heterocycles. The van der Waals surface area contributed by atoms with Crippen molar-refractivity contribution in [2.24, 2.45) is 0 Å². The third-order valence-corrected chi connectivity index (χ3v) is 11.5. The maximum atomic E-state index is 5.15. The summed E-state index contributed by atoms with van der Waals surface area (Å²) in [6, 6.07) is 69.5. The van der Waals surface area contributed by atoms with Crippen molar-refractivity contribution >= 4 is 59.9 Å². The van der Waals surface area contributed by atoms with Crippen molar-refractivity contribution < 1.29 is 0 Å². The molecule has 0 aliphatic carbocycles. The highest BCUT2D eigenvalue weighted by Crippen LogP contribution is 2.42. The van der Waals surface area contributed by atoms with Crippen LogP contribution in [0.1, 0.15) is 0 Å². The van der Waals surface area contributed by atoms with Gasteiger partial charge in [0.25, 0.3) is 0 Å². The summed E-state index contributed by atoms with van der Waals surface area (Å²) in [6.07, 6.45) is 0. The number of benzene rings is 8. The fourth-order valence-electron chi connectivity index (χ4n) is 9.01. The summed E-state index contributed by atoms with van der Waals surface area (Å²) in [6.45, 7) is 0. The van der Waals surface area contributed by atoms with Gasteiger partial charge in [-0.3, -0.25) is 0 Å². The molecule has 4 nitrogen and oxygen atoms in total. The van der Waals surface area contributed by atoms with E-state index in [9.17, 15) is 0 Å². The predicted molar refractivity (Wildman–Crippen MR) is 233 cm³/mol. The molecule has 260 valence electrons. The molecule has 56 heavy (non-hydrogen) atoms. The van der Waals surface area contributed by atoms with Crippen molar-refractivity contribution in [2.45, 2.75) is 0 Å². The van der Waals surface area contributed by atoms with E-state index in [0.717, 1.165) is 39.3 Å². The Morgan fingerprint density at radius 2 is 0.911 bits per heavy atom. The lowest BCUT2D eigenvalue weighted by atomic mass is 9.97. The van der Waals surface area contributed by atoms with Crippen LogP contribution >= 0.6 is 0 Å². The number of nitrogens with zero attached hydrogens (tertiary/aromatic N) is 4. The molecule has 8 aromatic carbocycles. The Kier molecular flexibility index (Phi) is 6.60. The van der Waals surface area contributed by atoms with Crippen LogP contribution in [0.5, 0.6) is 0 Å². The monoisotopic (exact) mass is 712 g/mol. The minimum Gasteiger partial charge on any atom is -0.309 e. The lowest BCUT2D eigenvalue weighted by Crippen LogP contribution is -1.96. The molecule has 4 heterocycles. The highest BCUT2D eigenvalue weighted by atomic mass is 15.0. The van der Waals surface area contributed by atoms with E-state index < -0.39 is 0 Å². The van der Waals surface area contributed by atoms with Gasteiger partial charge in [0.2, 0.25) is 0 Å². The van der Waals surface area contributed by atoms with Crippen LogP contribution in [-0.2, 0) is 0 Å². The highest BCUT2D eigenvalue weighted by molar-refractivity contribution is 6.23. The molecule has 0 amide bonds. The predicted octanol–water partition coefficient (Wildman–Crippen LogP) is 13.4. The number of rotatable bonds is 5. The fourth-order valence-corrected chi connectivity index (χ4v) is 9.01. The average Bonchev–Trinajstić information content (AvgIpc) is 3.92. The van der Waals surface area contributed by atoms with Gasteiger partial charge in [0.05, 0.1) is 39.0 Å². The van der Waals surface area contributed by atoms with Gasteiger partial charge >= 0.3 is 0 Å².